The maximum atomic E-state index is 13.0. The average molecular weight is 498 g/mol. The number of fused-ring (bicyclic) bond motifs is 3. The van der Waals surface area contributed by atoms with Crippen LogP contribution in [0.25, 0.3) is 21.6 Å². The first kappa shape index (κ1) is 24.2. The van der Waals surface area contributed by atoms with E-state index in [0.717, 1.165) is 11.3 Å². The van der Waals surface area contributed by atoms with Crippen molar-refractivity contribution >= 4 is 23.4 Å². The lowest BCUT2D eigenvalue weighted by atomic mass is 9.98. The summed E-state index contributed by atoms with van der Waals surface area (Å²) in [7, 11) is 1.31. The first-order valence-corrected chi connectivity index (χ1v) is 12.1. The zero-order valence-electron chi connectivity index (χ0n) is 20.8. The van der Waals surface area contributed by atoms with Crippen LogP contribution in [0, 0.1) is 6.92 Å². The van der Waals surface area contributed by atoms with Gasteiger partial charge in [0, 0.05) is 48.4 Å². The van der Waals surface area contributed by atoms with E-state index in [1.807, 2.05) is 31.2 Å². The third-order valence-electron chi connectivity index (χ3n) is 7.14. The van der Waals surface area contributed by atoms with Crippen LogP contribution in [0.5, 0.6) is 0 Å². The van der Waals surface area contributed by atoms with Crippen LogP contribution >= 0.6 is 0 Å². The molecule has 2 aliphatic rings. The Labute approximate surface area is 214 Å². The molecule has 3 aromatic rings. The molecule has 0 radical (unpaired) electrons. The fraction of sp³-hybridized carbons (Fsp3) is 0.286. The summed E-state index contributed by atoms with van der Waals surface area (Å²) in [6.07, 6.45) is -0.337. The Hall–Kier alpha value is -4.49. The predicted octanol–water partition coefficient (Wildman–Crippen LogP) is 5.79. The van der Waals surface area contributed by atoms with Gasteiger partial charge >= 0.3 is 12.1 Å². The second-order valence-electron chi connectivity index (χ2n) is 9.10. The minimum Gasteiger partial charge on any atom is -0.465 e. The van der Waals surface area contributed by atoms with Gasteiger partial charge in [-0.25, -0.2) is 9.59 Å². The van der Waals surface area contributed by atoms with Crippen molar-refractivity contribution in [2.24, 2.45) is 5.11 Å². The number of carbonyl (C=O) groups excluding carboxylic acids is 2. The third kappa shape index (κ3) is 4.57. The van der Waals surface area contributed by atoms with Gasteiger partial charge in [0.2, 0.25) is 0 Å². The number of azide groups is 1. The van der Waals surface area contributed by atoms with Crippen LogP contribution in [-0.2, 0) is 9.47 Å². The van der Waals surface area contributed by atoms with Crippen molar-refractivity contribution < 1.29 is 19.1 Å². The number of carbonyl (C=O) groups is 2. The summed E-state index contributed by atoms with van der Waals surface area (Å²) in [4.78, 5) is 31.8. The van der Waals surface area contributed by atoms with Crippen LogP contribution in [-0.4, -0.2) is 56.9 Å². The minimum absolute atomic E-state index is 0.0143. The highest BCUT2D eigenvalue weighted by Gasteiger charge is 2.30. The number of hydrogen-bond donors (Lipinski definition) is 0. The standard InChI is InChI=1S/C28H27N5O4/c1-18-25(30-31-29)15-19(27(34)36-2)16-26(18)32-11-13-33(14-12-32)28(35)37-17-24-22-9-5-3-7-20(22)21-8-4-6-10-23(21)24/h3-10,15-16,24H,11-14,17H2,1-2H3. The molecule has 1 heterocycles. The molecule has 0 N–H and O–H groups in total. The number of hydrogen-bond acceptors (Lipinski definition) is 6. The normalized spacial score (nSPS) is 14.4. The summed E-state index contributed by atoms with van der Waals surface area (Å²) in [5.41, 5.74) is 15.9. The molecule has 1 aliphatic carbocycles. The Balaban J connectivity index is 1.26. The average Bonchev–Trinajstić information content (AvgIpc) is 3.26. The number of nitrogens with zero attached hydrogens (tertiary/aromatic N) is 5. The van der Waals surface area contributed by atoms with E-state index in [4.69, 9.17) is 15.0 Å². The van der Waals surface area contributed by atoms with Gasteiger partial charge < -0.3 is 19.3 Å². The highest BCUT2D eigenvalue weighted by molar-refractivity contribution is 5.92. The highest BCUT2D eigenvalue weighted by Crippen LogP contribution is 2.44. The molecule has 1 aliphatic heterocycles. The van der Waals surface area contributed by atoms with E-state index in [9.17, 15) is 9.59 Å². The Morgan fingerprint density at radius 3 is 2.22 bits per heavy atom. The first-order chi connectivity index (χ1) is 18.0. The molecule has 188 valence electrons. The number of methoxy groups -OCH3 is 1. The van der Waals surface area contributed by atoms with Gasteiger partial charge in [-0.15, -0.1) is 0 Å². The quantitative estimate of drug-likeness (QED) is 0.192. The number of ether oxygens (including phenoxy) is 2. The van der Waals surface area contributed by atoms with Crippen molar-refractivity contribution in [3.63, 3.8) is 0 Å². The highest BCUT2D eigenvalue weighted by atomic mass is 16.6. The lowest BCUT2D eigenvalue weighted by Crippen LogP contribution is -2.49. The molecule has 37 heavy (non-hydrogen) atoms. The molecule has 9 heteroatoms. The molecule has 1 fully saturated rings. The number of piperazine rings is 1. The Morgan fingerprint density at radius 2 is 1.62 bits per heavy atom. The fourth-order valence-electron chi connectivity index (χ4n) is 5.22. The zero-order chi connectivity index (χ0) is 25.9. The zero-order valence-corrected chi connectivity index (χ0v) is 20.8. The number of benzene rings is 3. The summed E-state index contributed by atoms with van der Waals surface area (Å²) in [5.74, 6) is -0.492. The van der Waals surface area contributed by atoms with E-state index in [2.05, 4.69) is 39.2 Å². The van der Waals surface area contributed by atoms with Crippen molar-refractivity contribution in [3.05, 3.63) is 93.4 Å². The molecule has 0 saturated carbocycles. The summed E-state index contributed by atoms with van der Waals surface area (Å²) in [5, 5.41) is 3.74. The minimum atomic E-state index is -0.507. The molecule has 0 atom stereocenters. The Kier molecular flexibility index (Phi) is 6.70. The third-order valence-corrected chi connectivity index (χ3v) is 7.14. The Bertz CT molecular complexity index is 1360. The van der Waals surface area contributed by atoms with Crippen molar-refractivity contribution in [1.82, 2.24) is 4.90 Å². The van der Waals surface area contributed by atoms with Crippen LogP contribution in [0.4, 0.5) is 16.2 Å². The summed E-state index contributed by atoms with van der Waals surface area (Å²) in [6, 6.07) is 19.8. The molecule has 0 bridgehead atoms. The topological polar surface area (TPSA) is 108 Å². The molecular formula is C28H27N5O4. The van der Waals surface area contributed by atoms with Crippen LogP contribution in [0.15, 0.2) is 65.8 Å². The van der Waals surface area contributed by atoms with E-state index in [0.29, 0.717) is 37.4 Å². The van der Waals surface area contributed by atoms with E-state index in [1.54, 1.807) is 11.0 Å². The van der Waals surface area contributed by atoms with Gasteiger partial charge in [0.15, 0.2) is 0 Å². The second kappa shape index (κ2) is 10.2. The van der Waals surface area contributed by atoms with E-state index >= 15 is 0 Å². The summed E-state index contributed by atoms with van der Waals surface area (Å²) in [6.45, 7) is 4.16. The molecule has 9 nitrogen and oxygen atoms in total. The molecule has 0 spiro atoms. The molecule has 3 aromatic carbocycles. The van der Waals surface area contributed by atoms with Gasteiger partial charge in [-0.2, -0.15) is 0 Å². The van der Waals surface area contributed by atoms with Gasteiger partial charge in [-0.1, -0.05) is 53.6 Å². The van der Waals surface area contributed by atoms with Crippen LogP contribution < -0.4 is 4.90 Å². The SMILES string of the molecule is COC(=O)c1cc(N=[N+]=[N-])c(C)c(N2CCN(C(=O)OCC3c4ccccc4-c4ccccc43)CC2)c1. The van der Waals surface area contributed by atoms with Crippen molar-refractivity contribution in [2.45, 2.75) is 12.8 Å². The first-order valence-electron chi connectivity index (χ1n) is 12.1. The Morgan fingerprint density at radius 1 is 1.00 bits per heavy atom. The lowest BCUT2D eigenvalue weighted by Gasteiger charge is -2.36. The molecule has 5 rings (SSSR count). The number of rotatable bonds is 5. The van der Waals surface area contributed by atoms with E-state index in [-0.39, 0.29) is 18.6 Å². The van der Waals surface area contributed by atoms with Crippen molar-refractivity contribution in [3.8, 4) is 11.1 Å². The maximum Gasteiger partial charge on any atom is 0.409 e. The fourth-order valence-corrected chi connectivity index (χ4v) is 5.22. The maximum absolute atomic E-state index is 13.0. The molecule has 1 amide bonds. The molecule has 0 unspecified atom stereocenters. The van der Waals surface area contributed by atoms with Gasteiger partial charge in [-0.3, -0.25) is 0 Å². The second-order valence-corrected chi connectivity index (χ2v) is 9.10. The summed E-state index contributed by atoms with van der Waals surface area (Å²) < 4.78 is 10.7. The van der Waals surface area contributed by atoms with Gasteiger partial charge in [0.1, 0.15) is 6.61 Å². The predicted molar refractivity (Wildman–Crippen MR) is 140 cm³/mol. The van der Waals surface area contributed by atoms with Crippen LogP contribution in [0.3, 0.4) is 0 Å². The van der Waals surface area contributed by atoms with Gasteiger partial charge in [-0.05, 0) is 52.4 Å². The van der Waals surface area contributed by atoms with Crippen molar-refractivity contribution in [1.29, 1.82) is 0 Å². The van der Waals surface area contributed by atoms with Crippen LogP contribution in [0.2, 0.25) is 0 Å². The van der Waals surface area contributed by atoms with E-state index < -0.39 is 5.97 Å². The number of anilines is 1. The van der Waals surface area contributed by atoms with Gasteiger partial charge in [0.25, 0.3) is 0 Å². The molecule has 1 saturated heterocycles. The number of amides is 1. The largest absolute Gasteiger partial charge is 0.465 e. The monoisotopic (exact) mass is 497 g/mol. The van der Waals surface area contributed by atoms with Gasteiger partial charge in [0.05, 0.1) is 12.7 Å². The smallest absolute Gasteiger partial charge is 0.409 e. The summed E-state index contributed by atoms with van der Waals surface area (Å²) >= 11 is 0. The molecular weight excluding hydrogens is 470 g/mol. The van der Waals surface area contributed by atoms with Crippen LogP contribution in [0.1, 0.15) is 33.0 Å². The van der Waals surface area contributed by atoms with Crippen molar-refractivity contribution in [2.75, 3.05) is 44.8 Å². The molecule has 0 aromatic heterocycles. The van der Waals surface area contributed by atoms with E-state index in [1.165, 1.54) is 35.4 Å². The number of esters is 1. The lowest BCUT2D eigenvalue weighted by molar-refractivity contribution is 0.0600.